The van der Waals surface area contributed by atoms with E-state index < -0.39 is 34.3 Å². The van der Waals surface area contributed by atoms with Crippen molar-refractivity contribution in [1.29, 1.82) is 0 Å². The van der Waals surface area contributed by atoms with Gasteiger partial charge in [0.2, 0.25) is 11.8 Å². The molecule has 0 aromatic heterocycles. The predicted molar refractivity (Wildman–Crippen MR) is 165 cm³/mol. The Kier molecular flexibility index (Phi) is 10.8. The predicted octanol–water partition coefficient (Wildman–Crippen LogP) is 5.59. The molecule has 0 radical (unpaired) electrons. The second kappa shape index (κ2) is 14.5. The smallest absolute Gasteiger partial charge is 0.264 e. The van der Waals surface area contributed by atoms with Crippen LogP contribution in [0.25, 0.3) is 0 Å². The van der Waals surface area contributed by atoms with Gasteiger partial charge in [0.1, 0.15) is 24.2 Å². The molecule has 0 bridgehead atoms. The Labute approximate surface area is 253 Å². The number of rotatable bonds is 13. The number of carbonyl (C=O) groups excluding carboxylic acids is 2. The van der Waals surface area contributed by atoms with E-state index in [9.17, 15) is 22.4 Å². The van der Waals surface area contributed by atoms with Crippen LogP contribution in [0.1, 0.15) is 57.1 Å². The van der Waals surface area contributed by atoms with E-state index in [2.05, 4.69) is 5.32 Å². The third kappa shape index (κ3) is 8.13. The number of sulfonamides is 1. The van der Waals surface area contributed by atoms with Crippen molar-refractivity contribution < 1.29 is 27.1 Å². The molecule has 0 heterocycles. The normalized spacial score (nSPS) is 14.2. The zero-order valence-corrected chi connectivity index (χ0v) is 25.8. The lowest BCUT2D eigenvalue weighted by molar-refractivity contribution is -0.140. The number of nitrogens with one attached hydrogen (secondary N) is 1. The highest BCUT2D eigenvalue weighted by Crippen LogP contribution is 2.27. The van der Waals surface area contributed by atoms with Gasteiger partial charge in [0.15, 0.2) is 0 Å². The maximum Gasteiger partial charge on any atom is 0.264 e. The van der Waals surface area contributed by atoms with Gasteiger partial charge >= 0.3 is 0 Å². The SMILES string of the molecule is CCOc1ccc(S(=O)(=O)N(CC(=O)N(Cc2cccc(C)c2)C(CC)C(=O)NC2CCCC2)c2ccc(F)cc2)cc1. The molecule has 0 spiro atoms. The van der Waals surface area contributed by atoms with Gasteiger partial charge in [-0.1, -0.05) is 49.6 Å². The van der Waals surface area contributed by atoms with Gasteiger partial charge in [-0.3, -0.25) is 13.9 Å². The van der Waals surface area contributed by atoms with E-state index in [1.165, 1.54) is 29.2 Å². The Morgan fingerprint density at radius 1 is 1.00 bits per heavy atom. The molecule has 1 fully saturated rings. The number of carbonyl (C=O) groups is 2. The Bertz CT molecular complexity index is 1490. The minimum atomic E-state index is -4.27. The van der Waals surface area contributed by atoms with E-state index in [1.54, 1.807) is 12.1 Å². The summed E-state index contributed by atoms with van der Waals surface area (Å²) < 4.78 is 48.3. The Balaban J connectivity index is 1.70. The van der Waals surface area contributed by atoms with Gasteiger partial charge in [-0.2, -0.15) is 0 Å². The molecule has 43 heavy (non-hydrogen) atoms. The molecule has 0 saturated heterocycles. The summed E-state index contributed by atoms with van der Waals surface area (Å²) in [4.78, 5) is 29.1. The molecule has 1 N–H and O–H groups in total. The number of aryl methyl sites for hydroxylation is 1. The first-order valence-electron chi connectivity index (χ1n) is 14.8. The number of hydrogen-bond donors (Lipinski definition) is 1. The van der Waals surface area contributed by atoms with Crippen LogP contribution in [0.5, 0.6) is 5.75 Å². The highest BCUT2D eigenvalue weighted by Gasteiger charge is 2.34. The van der Waals surface area contributed by atoms with Gasteiger partial charge in [0, 0.05) is 12.6 Å². The lowest BCUT2D eigenvalue weighted by Gasteiger charge is -2.34. The van der Waals surface area contributed by atoms with Gasteiger partial charge in [-0.25, -0.2) is 12.8 Å². The van der Waals surface area contributed by atoms with Crippen molar-refractivity contribution in [2.45, 2.75) is 76.4 Å². The molecule has 4 rings (SSSR count). The number of halogens is 1. The molecule has 0 aliphatic heterocycles. The second-order valence-electron chi connectivity index (χ2n) is 10.8. The minimum Gasteiger partial charge on any atom is -0.494 e. The summed E-state index contributed by atoms with van der Waals surface area (Å²) in [5, 5.41) is 3.11. The number of amides is 2. The number of hydrogen-bond acceptors (Lipinski definition) is 5. The van der Waals surface area contributed by atoms with Crippen LogP contribution in [-0.4, -0.2) is 50.4 Å². The summed E-state index contributed by atoms with van der Waals surface area (Å²) >= 11 is 0. The molecule has 8 nitrogen and oxygen atoms in total. The minimum absolute atomic E-state index is 0.0515. The summed E-state index contributed by atoms with van der Waals surface area (Å²) in [5.74, 6) is -0.828. The number of ether oxygens (including phenoxy) is 1. The van der Waals surface area contributed by atoms with Crippen molar-refractivity contribution in [2.75, 3.05) is 17.5 Å². The molecule has 3 aromatic carbocycles. The topological polar surface area (TPSA) is 96.0 Å². The van der Waals surface area contributed by atoms with Crippen LogP contribution in [0.4, 0.5) is 10.1 Å². The monoisotopic (exact) mass is 609 g/mol. The molecule has 10 heteroatoms. The summed E-state index contributed by atoms with van der Waals surface area (Å²) in [6.07, 6.45) is 4.23. The first-order chi connectivity index (χ1) is 20.6. The molecular weight excluding hydrogens is 569 g/mol. The highest BCUT2D eigenvalue weighted by molar-refractivity contribution is 7.92. The third-order valence-corrected chi connectivity index (χ3v) is 9.43. The van der Waals surface area contributed by atoms with E-state index in [4.69, 9.17) is 4.74 Å². The molecule has 1 unspecified atom stereocenters. The van der Waals surface area contributed by atoms with Crippen LogP contribution in [0.15, 0.2) is 77.7 Å². The largest absolute Gasteiger partial charge is 0.494 e. The lowest BCUT2D eigenvalue weighted by Crippen LogP contribution is -2.53. The van der Waals surface area contributed by atoms with E-state index in [0.717, 1.165) is 53.2 Å². The Morgan fingerprint density at radius 2 is 1.67 bits per heavy atom. The molecule has 1 aliphatic rings. The molecule has 230 valence electrons. The molecule has 1 aliphatic carbocycles. The maximum atomic E-state index is 14.2. The van der Waals surface area contributed by atoms with Crippen LogP contribution in [-0.2, 0) is 26.2 Å². The van der Waals surface area contributed by atoms with E-state index in [0.29, 0.717) is 18.8 Å². The second-order valence-corrected chi connectivity index (χ2v) is 12.7. The average Bonchev–Trinajstić information content (AvgIpc) is 3.50. The number of nitrogens with zero attached hydrogens (tertiary/aromatic N) is 2. The fourth-order valence-electron chi connectivity index (χ4n) is 5.43. The summed E-state index contributed by atoms with van der Waals surface area (Å²) in [6, 6.07) is 17.8. The number of anilines is 1. The van der Waals surface area contributed by atoms with Crippen LogP contribution in [0.2, 0.25) is 0 Å². The van der Waals surface area contributed by atoms with Crippen LogP contribution in [0, 0.1) is 12.7 Å². The highest BCUT2D eigenvalue weighted by atomic mass is 32.2. The molecule has 1 saturated carbocycles. The van der Waals surface area contributed by atoms with Crippen LogP contribution >= 0.6 is 0 Å². The van der Waals surface area contributed by atoms with E-state index >= 15 is 0 Å². The van der Waals surface area contributed by atoms with E-state index in [-0.39, 0.29) is 29.1 Å². The molecular formula is C33H40FN3O5S. The number of benzene rings is 3. The van der Waals surface area contributed by atoms with Gasteiger partial charge in [-0.05, 0) is 87.2 Å². The summed E-state index contributed by atoms with van der Waals surface area (Å²) in [5.41, 5.74) is 1.95. The first-order valence-corrected chi connectivity index (χ1v) is 16.2. The zero-order chi connectivity index (χ0) is 31.0. The van der Waals surface area contributed by atoms with Crippen LogP contribution in [0.3, 0.4) is 0 Å². The maximum absolute atomic E-state index is 14.2. The molecule has 1 atom stereocenters. The van der Waals surface area contributed by atoms with Crippen molar-refractivity contribution in [2.24, 2.45) is 0 Å². The van der Waals surface area contributed by atoms with Crippen molar-refractivity contribution in [1.82, 2.24) is 10.2 Å². The fourth-order valence-corrected chi connectivity index (χ4v) is 6.85. The van der Waals surface area contributed by atoms with Crippen molar-refractivity contribution in [3.05, 3.63) is 89.7 Å². The van der Waals surface area contributed by atoms with E-state index in [1.807, 2.05) is 45.0 Å². The standard InChI is InChI=1S/C33H40FN3O5S/c1-4-31(33(39)35-27-11-6-7-12-27)36(22-25-10-8-9-24(3)21-25)32(38)23-37(28-15-13-26(34)14-16-28)43(40,41)30-19-17-29(18-20-30)42-5-2/h8-10,13-21,27,31H,4-7,11-12,22-23H2,1-3H3,(H,35,39). The summed E-state index contributed by atoms with van der Waals surface area (Å²) in [6.45, 7) is 5.57. The zero-order valence-electron chi connectivity index (χ0n) is 25.0. The van der Waals surface area contributed by atoms with Crippen molar-refractivity contribution >= 4 is 27.5 Å². The summed E-state index contributed by atoms with van der Waals surface area (Å²) in [7, 11) is -4.27. The Hall–Kier alpha value is -3.92. The Morgan fingerprint density at radius 3 is 2.28 bits per heavy atom. The van der Waals surface area contributed by atoms with Gasteiger partial charge < -0.3 is 15.0 Å². The fraction of sp³-hybridized carbons (Fsp3) is 0.394. The quantitative estimate of drug-likeness (QED) is 0.273. The molecule has 3 aromatic rings. The van der Waals surface area contributed by atoms with Crippen LogP contribution < -0.4 is 14.4 Å². The van der Waals surface area contributed by atoms with Crippen molar-refractivity contribution in [3.8, 4) is 5.75 Å². The van der Waals surface area contributed by atoms with Crippen molar-refractivity contribution in [3.63, 3.8) is 0 Å². The van der Waals surface area contributed by atoms with Gasteiger partial charge in [0.25, 0.3) is 10.0 Å². The molecule has 2 amide bonds. The third-order valence-electron chi connectivity index (χ3n) is 7.64. The van der Waals surface area contributed by atoms with Gasteiger partial charge in [0.05, 0.1) is 17.2 Å². The first kappa shape index (κ1) is 32.0. The lowest BCUT2D eigenvalue weighted by atomic mass is 10.1. The van der Waals surface area contributed by atoms with Gasteiger partial charge in [-0.15, -0.1) is 0 Å². The average molecular weight is 610 g/mol.